The second-order valence-electron chi connectivity index (χ2n) is 5.95. The number of nitrogens with zero attached hydrogens (tertiary/aromatic N) is 1. The molecule has 1 fully saturated rings. The maximum absolute atomic E-state index is 13.0. The van der Waals surface area contributed by atoms with Crippen molar-refractivity contribution in [2.45, 2.75) is 18.6 Å². The third-order valence-electron chi connectivity index (χ3n) is 4.35. The van der Waals surface area contributed by atoms with E-state index < -0.39 is 0 Å². The molecule has 1 aromatic heterocycles. The zero-order valence-corrected chi connectivity index (χ0v) is 16.4. The Morgan fingerprint density at radius 1 is 1.12 bits per heavy atom. The number of fused-ring (bicyclic) bond motifs is 1. The Kier molecular flexibility index (Phi) is 4.67. The molecular weight excluding hydrogens is 450 g/mol. The van der Waals surface area contributed by atoms with Crippen molar-refractivity contribution < 1.29 is 9.25 Å². The van der Waals surface area contributed by atoms with Crippen molar-refractivity contribution in [3.63, 3.8) is 0 Å². The lowest BCUT2D eigenvalue weighted by molar-refractivity contribution is 0.0995. The molecule has 2 aromatic carbocycles. The van der Waals surface area contributed by atoms with Gasteiger partial charge in [-0.2, -0.15) is 0 Å². The van der Waals surface area contributed by atoms with Gasteiger partial charge in [-0.15, -0.1) is 0 Å². The van der Waals surface area contributed by atoms with Crippen LogP contribution >= 0.6 is 31.9 Å². The van der Waals surface area contributed by atoms with Gasteiger partial charge in [0.25, 0.3) is 0 Å². The number of rotatable bonds is 3. The predicted molar refractivity (Wildman–Crippen MR) is 105 cm³/mol. The zero-order valence-electron chi connectivity index (χ0n) is 13.2. The molecule has 0 amide bonds. The Bertz CT molecular complexity index is 955. The highest BCUT2D eigenvalue weighted by Gasteiger charge is 2.36. The van der Waals surface area contributed by atoms with E-state index in [1.165, 1.54) is 0 Å². The number of anilines is 1. The number of halogens is 2. The highest BCUT2D eigenvalue weighted by Crippen LogP contribution is 2.38. The Hall–Kier alpha value is -1.63. The van der Waals surface area contributed by atoms with E-state index in [9.17, 15) is 4.79 Å². The van der Waals surface area contributed by atoms with Crippen LogP contribution in [0.3, 0.4) is 0 Å². The molecule has 2 heterocycles. The van der Waals surface area contributed by atoms with Gasteiger partial charge >= 0.3 is 0 Å². The SMILES string of the molecule is O=c1c(C2CC(CBr)ON2c2ccc(Br)cc2)coc2ccccc12. The van der Waals surface area contributed by atoms with Gasteiger partial charge in [0.2, 0.25) is 0 Å². The molecule has 0 saturated carbocycles. The third-order valence-corrected chi connectivity index (χ3v) is 5.60. The summed E-state index contributed by atoms with van der Waals surface area (Å²) in [6.45, 7) is 0. The molecule has 4 rings (SSSR count). The van der Waals surface area contributed by atoms with Crippen molar-refractivity contribution in [1.82, 2.24) is 0 Å². The zero-order chi connectivity index (χ0) is 17.4. The molecule has 0 N–H and O–H groups in total. The molecule has 4 nitrogen and oxygen atoms in total. The Morgan fingerprint density at radius 2 is 1.88 bits per heavy atom. The maximum atomic E-state index is 13.0. The van der Waals surface area contributed by atoms with E-state index in [-0.39, 0.29) is 17.6 Å². The van der Waals surface area contributed by atoms with Gasteiger partial charge in [0.15, 0.2) is 5.43 Å². The molecule has 2 atom stereocenters. The molecule has 128 valence electrons. The van der Waals surface area contributed by atoms with E-state index in [2.05, 4.69) is 31.9 Å². The van der Waals surface area contributed by atoms with Gasteiger partial charge < -0.3 is 4.42 Å². The van der Waals surface area contributed by atoms with E-state index in [0.29, 0.717) is 28.3 Å². The summed E-state index contributed by atoms with van der Waals surface area (Å²) >= 11 is 6.93. The van der Waals surface area contributed by atoms with Gasteiger partial charge in [-0.05, 0) is 36.4 Å². The fourth-order valence-corrected chi connectivity index (χ4v) is 3.76. The molecular formula is C19H15Br2NO3. The summed E-state index contributed by atoms with van der Waals surface area (Å²) in [4.78, 5) is 19.0. The van der Waals surface area contributed by atoms with Gasteiger partial charge in [-0.1, -0.05) is 44.0 Å². The summed E-state index contributed by atoms with van der Waals surface area (Å²) in [5.41, 5.74) is 2.12. The minimum Gasteiger partial charge on any atom is -0.464 e. The van der Waals surface area contributed by atoms with Crippen LogP contribution in [0.15, 0.2) is 68.5 Å². The quantitative estimate of drug-likeness (QED) is 0.499. The summed E-state index contributed by atoms with van der Waals surface area (Å²) in [5, 5.41) is 3.12. The van der Waals surface area contributed by atoms with Crippen LogP contribution in [0.2, 0.25) is 0 Å². The maximum Gasteiger partial charge on any atom is 0.198 e. The largest absolute Gasteiger partial charge is 0.464 e. The first-order valence-electron chi connectivity index (χ1n) is 7.95. The van der Waals surface area contributed by atoms with Gasteiger partial charge in [-0.25, -0.2) is 5.06 Å². The molecule has 2 unspecified atom stereocenters. The molecule has 1 aliphatic rings. The van der Waals surface area contributed by atoms with E-state index >= 15 is 0 Å². The van der Waals surface area contributed by atoms with Crippen molar-refractivity contribution in [2.24, 2.45) is 0 Å². The lowest BCUT2D eigenvalue weighted by Crippen LogP contribution is -2.26. The van der Waals surface area contributed by atoms with Crippen molar-refractivity contribution >= 4 is 48.5 Å². The normalized spacial score (nSPS) is 20.3. The molecule has 6 heteroatoms. The number of hydroxylamine groups is 1. The molecule has 25 heavy (non-hydrogen) atoms. The average Bonchev–Trinajstić information content (AvgIpc) is 3.07. The highest BCUT2D eigenvalue weighted by molar-refractivity contribution is 9.10. The van der Waals surface area contributed by atoms with Crippen molar-refractivity contribution in [3.8, 4) is 0 Å². The van der Waals surface area contributed by atoms with Gasteiger partial charge in [-0.3, -0.25) is 9.63 Å². The predicted octanol–water partition coefficient (Wildman–Crippen LogP) is 5.20. The van der Waals surface area contributed by atoms with Crippen molar-refractivity contribution in [1.29, 1.82) is 0 Å². The molecule has 1 saturated heterocycles. The molecule has 3 aromatic rings. The van der Waals surface area contributed by atoms with Gasteiger partial charge in [0, 0.05) is 16.2 Å². The standard InChI is InChI=1S/C19H15Br2NO3/c20-10-14-9-17(22(25-14)13-7-5-12(21)6-8-13)16-11-24-18-4-2-1-3-15(18)19(16)23/h1-8,11,14,17H,9-10H2. The number of alkyl halides is 1. The minimum absolute atomic E-state index is 0.000447. The highest BCUT2D eigenvalue weighted by atomic mass is 79.9. The van der Waals surface area contributed by atoms with Crippen LogP contribution in [0.1, 0.15) is 18.0 Å². The second kappa shape index (κ2) is 6.94. The van der Waals surface area contributed by atoms with Gasteiger partial charge in [0.1, 0.15) is 11.8 Å². The summed E-state index contributed by atoms with van der Waals surface area (Å²) in [6, 6.07) is 15.0. The fraction of sp³-hybridized carbons (Fsp3) is 0.211. The summed E-state index contributed by atoms with van der Waals surface area (Å²) in [7, 11) is 0. The average molecular weight is 465 g/mol. The Morgan fingerprint density at radius 3 is 2.64 bits per heavy atom. The van der Waals surface area contributed by atoms with Crippen LogP contribution in [0, 0.1) is 0 Å². The first-order chi connectivity index (χ1) is 12.2. The van der Waals surface area contributed by atoms with Crippen LogP contribution in [0.4, 0.5) is 5.69 Å². The minimum atomic E-state index is -0.190. The monoisotopic (exact) mass is 463 g/mol. The van der Waals surface area contributed by atoms with Crippen LogP contribution in [-0.2, 0) is 4.84 Å². The second-order valence-corrected chi connectivity index (χ2v) is 7.51. The van der Waals surface area contributed by atoms with Crippen LogP contribution in [0.25, 0.3) is 11.0 Å². The number of hydrogen-bond donors (Lipinski definition) is 0. The first-order valence-corrected chi connectivity index (χ1v) is 9.87. The van der Waals surface area contributed by atoms with Crippen LogP contribution < -0.4 is 10.5 Å². The molecule has 1 aliphatic heterocycles. The van der Waals surface area contributed by atoms with E-state index in [1.54, 1.807) is 18.4 Å². The molecule has 0 aliphatic carbocycles. The number of para-hydroxylation sites is 1. The number of hydrogen-bond acceptors (Lipinski definition) is 4. The topological polar surface area (TPSA) is 42.7 Å². The molecule has 0 radical (unpaired) electrons. The van der Waals surface area contributed by atoms with Crippen molar-refractivity contribution in [3.05, 3.63) is 75.1 Å². The summed E-state index contributed by atoms with van der Waals surface area (Å²) in [5.74, 6) is 0. The van der Waals surface area contributed by atoms with Crippen molar-refractivity contribution in [2.75, 3.05) is 10.4 Å². The van der Waals surface area contributed by atoms with E-state index in [0.717, 1.165) is 10.2 Å². The van der Waals surface area contributed by atoms with E-state index in [1.807, 2.05) is 41.5 Å². The molecule has 0 bridgehead atoms. The lowest BCUT2D eigenvalue weighted by atomic mass is 10.0. The molecule has 0 spiro atoms. The lowest BCUT2D eigenvalue weighted by Gasteiger charge is -2.24. The van der Waals surface area contributed by atoms with Crippen LogP contribution in [0.5, 0.6) is 0 Å². The smallest absolute Gasteiger partial charge is 0.198 e. The Labute approximate surface area is 161 Å². The fourth-order valence-electron chi connectivity index (χ4n) is 3.12. The summed E-state index contributed by atoms with van der Waals surface area (Å²) < 4.78 is 6.70. The number of benzene rings is 2. The summed E-state index contributed by atoms with van der Waals surface area (Å²) in [6.07, 6.45) is 2.28. The van der Waals surface area contributed by atoms with Crippen LogP contribution in [-0.4, -0.2) is 11.4 Å². The third kappa shape index (κ3) is 3.14. The van der Waals surface area contributed by atoms with Gasteiger partial charge in [0.05, 0.1) is 28.8 Å². The van der Waals surface area contributed by atoms with E-state index in [4.69, 9.17) is 9.25 Å². The first kappa shape index (κ1) is 16.8. The Balaban J connectivity index is 1.80.